The maximum atomic E-state index is 9.18. The summed E-state index contributed by atoms with van der Waals surface area (Å²) in [5.41, 5.74) is 0. The van der Waals surface area contributed by atoms with Crippen LogP contribution in [0.3, 0.4) is 0 Å². The van der Waals surface area contributed by atoms with Crippen LogP contribution >= 0.6 is 0 Å². The van der Waals surface area contributed by atoms with Crippen molar-refractivity contribution in [3.63, 3.8) is 0 Å². The smallest absolute Gasteiger partial charge is 0.0979 e. The Bertz CT molecular complexity index is 120. The van der Waals surface area contributed by atoms with Crippen LogP contribution in [-0.2, 0) is 0 Å². The van der Waals surface area contributed by atoms with Crippen molar-refractivity contribution < 1.29 is 10.2 Å². The van der Waals surface area contributed by atoms with Crippen LogP contribution in [0.15, 0.2) is 12.2 Å². The summed E-state index contributed by atoms with van der Waals surface area (Å²) >= 11 is 0. The van der Waals surface area contributed by atoms with Gasteiger partial charge in [-0.3, -0.25) is 0 Å². The van der Waals surface area contributed by atoms with E-state index in [-0.39, 0.29) is 0 Å². The minimum absolute atomic E-state index is 0.545. The Balaban J connectivity index is 2.44. The Hall–Kier alpha value is -0.340. The first-order chi connectivity index (χ1) is 4.80. The van der Waals surface area contributed by atoms with Gasteiger partial charge in [-0.2, -0.15) is 0 Å². The quantitative estimate of drug-likeness (QED) is 0.492. The second-order valence-corrected chi connectivity index (χ2v) is 2.77. The van der Waals surface area contributed by atoms with Crippen LogP contribution in [-0.4, -0.2) is 22.4 Å². The molecule has 2 N–H and O–H groups in total. The zero-order valence-corrected chi connectivity index (χ0v) is 6.03. The van der Waals surface area contributed by atoms with Gasteiger partial charge in [0.2, 0.25) is 0 Å². The van der Waals surface area contributed by atoms with Crippen LogP contribution in [0.1, 0.15) is 25.7 Å². The fourth-order valence-corrected chi connectivity index (χ4v) is 1.15. The Morgan fingerprint density at radius 2 is 2.00 bits per heavy atom. The zero-order chi connectivity index (χ0) is 7.40. The van der Waals surface area contributed by atoms with Gasteiger partial charge in [0, 0.05) is 0 Å². The van der Waals surface area contributed by atoms with E-state index in [4.69, 9.17) is 5.11 Å². The van der Waals surface area contributed by atoms with Gasteiger partial charge in [0.25, 0.3) is 0 Å². The number of aliphatic hydroxyl groups excluding tert-OH is 2. The molecule has 1 aliphatic carbocycles. The van der Waals surface area contributed by atoms with Gasteiger partial charge in [-0.05, 0) is 19.3 Å². The van der Waals surface area contributed by atoms with Crippen molar-refractivity contribution in [2.24, 2.45) is 0 Å². The third-order valence-electron chi connectivity index (χ3n) is 1.85. The molecule has 10 heavy (non-hydrogen) atoms. The SMILES string of the molecule is OC1C=CCCCCC1O. The summed E-state index contributed by atoms with van der Waals surface area (Å²) in [6.07, 6.45) is 6.34. The highest BCUT2D eigenvalue weighted by molar-refractivity contribution is 4.93. The molecule has 2 unspecified atom stereocenters. The number of hydrogen-bond acceptors (Lipinski definition) is 2. The monoisotopic (exact) mass is 142 g/mol. The summed E-state index contributed by atoms with van der Waals surface area (Å²) in [7, 11) is 0. The van der Waals surface area contributed by atoms with Crippen molar-refractivity contribution in [3.05, 3.63) is 12.2 Å². The molecule has 0 saturated heterocycles. The maximum Gasteiger partial charge on any atom is 0.0979 e. The van der Waals surface area contributed by atoms with E-state index in [9.17, 15) is 5.11 Å². The highest BCUT2D eigenvalue weighted by atomic mass is 16.3. The fourth-order valence-electron chi connectivity index (χ4n) is 1.15. The van der Waals surface area contributed by atoms with E-state index in [2.05, 4.69) is 0 Å². The van der Waals surface area contributed by atoms with Crippen molar-refractivity contribution in [1.82, 2.24) is 0 Å². The normalized spacial score (nSPS) is 35.0. The Labute approximate surface area is 61.2 Å². The molecular formula is C8H14O2. The molecule has 0 aromatic heterocycles. The Kier molecular flexibility index (Phi) is 2.90. The van der Waals surface area contributed by atoms with Crippen molar-refractivity contribution in [1.29, 1.82) is 0 Å². The highest BCUT2D eigenvalue weighted by Crippen LogP contribution is 2.11. The molecule has 0 bridgehead atoms. The molecule has 1 aliphatic rings. The summed E-state index contributed by atoms with van der Waals surface area (Å²) in [5.74, 6) is 0. The number of hydrogen-bond donors (Lipinski definition) is 2. The van der Waals surface area contributed by atoms with Crippen molar-refractivity contribution in [2.45, 2.75) is 37.9 Å². The molecule has 0 amide bonds. The summed E-state index contributed by atoms with van der Waals surface area (Å²) in [4.78, 5) is 0. The molecular weight excluding hydrogens is 128 g/mol. The van der Waals surface area contributed by atoms with Crippen LogP contribution in [0.5, 0.6) is 0 Å². The van der Waals surface area contributed by atoms with Crippen LogP contribution in [0.25, 0.3) is 0 Å². The molecule has 2 atom stereocenters. The largest absolute Gasteiger partial charge is 0.390 e. The van der Waals surface area contributed by atoms with Gasteiger partial charge in [-0.15, -0.1) is 0 Å². The van der Waals surface area contributed by atoms with E-state index in [0.29, 0.717) is 0 Å². The fraction of sp³-hybridized carbons (Fsp3) is 0.750. The first-order valence-corrected chi connectivity index (χ1v) is 3.83. The lowest BCUT2D eigenvalue weighted by Gasteiger charge is -2.15. The summed E-state index contributed by atoms with van der Waals surface area (Å²) in [6.45, 7) is 0. The Morgan fingerprint density at radius 3 is 2.80 bits per heavy atom. The van der Waals surface area contributed by atoms with Crippen molar-refractivity contribution in [3.8, 4) is 0 Å². The molecule has 0 aromatic rings. The molecule has 1 rings (SSSR count). The average Bonchev–Trinajstić information content (AvgIpc) is 1.92. The van der Waals surface area contributed by atoms with Crippen LogP contribution in [0, 0.1) is 0 Å². The predicted molar refractivity (Wildman–Crippen MR) is 39.6 cm³/mol. The first-order valence-electron chi connectivity index (χ1n) is 3.83. The average molecular weight is 142 g/mol. The third kappa shape index (κ3) is 2.12. The van der Waals surface area contributed by atoms with Gasteiger partial charge in [0.15, 0.2) is 0 Å². The summed E-state index contributed by atoms with van der Waals surface area (Å²) < 4.78 is 0. The molecule has 0 radical (unpaired) electrons. The first kappa shape index (κ1) is 7.76. The minimum atomic E-state index is -0.639. The third-order valence-corrected chi connectivity index (χ3v) is 1.85. The number of allylic oxidation sites excluding steroid dienone is 1. The number of rotatable bonds is 0. The van der Waals surface area contributed by atoms with E-state index >= 15 is 0 Å². The topological polar surface area (TPSA) is 40.5 Å². The molecule has 58 valence electrons. The second kappa shape index (κ2) is 3.74. The molecule has 0 saturated carbocycles. The van der Waals surface area contributed by atoms with Crippen molar-refractivity contribution in [2.75, 3.05) is 0 Å². The van der Waals surface area contributed by atoms with Gasteiger partial charge in [0.05, 0.1) is 12.2 Å². The van der Waals surface area contributed by atoms with E-state index in [0.717, 1.165) is 25.7 Å². The van der Waals surface area contributed by atoms with Crippen LogP contribution < -0.4 is 0 Å². The van der Waals surface area contributed by atoms with E-state index in [1.165, 1.54) is 0 Å². The van der Waals surface area contributed by atoms with Crippen LogP contribution in [0.4, 0.5) is 0 Å². The van der Waals surface area contributed by atoms with Crippen LogP contribution in [0.2, 0.25) is 0 Å². The van der Waals surface area contributed by atoms with E-state index in [1.54, 1.807) is 6.08 Å². The van der Waals surface area contributed by atoms with Crippen molar-refractivity contribution >= 4 is 0 Å². The second-order valence-electron chi connectivity index (χ2n) is 2.77. The van der Waals surface area contributed by atoms with Gasteiger partial charge >= 0.3 is 0 Å². The molecule has 0 spiro atoms. The molecule has 2 heteroatoms. The molecule has 0 fully saturated rings. The summed E-state index contributed by atoms with van der Waals surface area (Å²) in [6, 6.07) is 0. The van der Waals surface area contributed by atoms with E-state index in [1.807, 2.05) is 6.08 Å². The van der Waals surface area contributed by atoms with Gasteiger partial charge < -0.3 is 10.2 Å². The lowest BCUT2D eigenvalue weighted by Crippen LogP contribution is -2.24. The van der Waals surface area contributed by atoms with Gasteiger partial charge in [-0.1, -0.05) is 18.6 Å². The molecule has 0 aliphatic heterocycles. The predicted octanol–water partition coefficient (Wildman–Crippen LogP) is 0.838. The molecule has 0 heterocycles. The molecule has 0 aromatic carbocycles. The Morgan fingerprint density at radius 1 is 1.20 bits per heavy atom. The lowest BCUT2D eigenvalue weighted by atomic mass is 10.0. The minimum Gasteiger partial charge on any atom is -0.390 e. The summed E-state index contributed by atoms with van der Waals surface area (Å²) in [5, 5.41) is 18.3. The standard InChI is InChI=1S/C8H14O2/c9-7-5-3-1-2-4-6-8(7)10/h3,5,7-10H,1-2,4,6H2. The molecule has 2 nitrogen and oxygen atoms in total. The van der Waals surface area contributed by atoms with E-state index < -0.39 is 12.2 Å². The maximum absolute atomic E-state index is 9.18. The lowest BCUT2D eigenvalue weighted by molar-refractivity contribution is 0.0402. The number of aliphatic hydroxyl groups is 2. The zero-order valence-electron chi connectivity index (χ0n) is 6.03. The van der Waals surface area contributed by atoms with Gasteiger partial charge in [0.1, 0.15) is 0 Å². The van der Waals surface area contributed by atoms with Gasteiger partial charge in [-0.25, -0.2) is 0 Å². The highest BCUT2D eigenvalue weighted by Gasteiger charge is 2.13.